The van der Waals surface area contributed by atoms with Crippen LogP contribution in [0.3, 0.4) is 0 Å². The summed E-state index contributed by atoms with van der Waals surface area (Å²) < 4.78 is 0. The van der Waals surface area contributed by atoms with Crippen LogP contribution in [-0.2, 0) is 19.2 Å². The van der Waals surface area contributed by atoms with Gasteiger partial charge in [-0.05, 0) is 12.8 Å². The van der Waals surface area contributed by atoms with E-state index in [1.807, 2.05) is 0 Å². The SMILES string of the molecule is CCCCCCCCCCCCC(=O)CC(C(=O)O)=C(CC(=O)CCCCCCCCCCCC)C(=O)O. The van der Waals surface area contributed by atoms with Gasteiger partial charge in [0.25, 0.3) is 0 Å². The maximum Gasteiger partial charge on any atom is 0.332 e. The van der Waals surface area contributed by atoms with Gasteiger partial charge in [0.2, 0.25) is 0 Å². The molecule has 0 aromatic heterocycles. The molecule has 0 spiro atoms. The van der Waals surface area contributed by atoms with Crippen LogP contribution >= 0.6 is 0 Å². The van der Waals surface area contributed by atoms with E-state index in [1.54, 1.807) is 0 Å². The van der Waals surface area contributed by atoms with Gasteiger partial charge in [-0.2, -0.15) is 0 Å². The van der Waals surface area contributed by atoms with Crippen LogP contribution in [0.1, 0.15) is 168 Å². The predicted molar refractivity (Wildman–Crippen MR) is 154 cm³/mol. The van der Waals surface area contributed by atoms with Gasteiger partial charge in [-0.3, -0.25) is 9.59 Å². The quantitative estimate of drug-likeness (QED) is 0.0762. The molecule has 0 rings (SSSR count). The lowest BCUT2D eigenvalue weighted by molar-refractivity contribution is -0.137. The molecule has 0 heterocycles. The summed E-state index contributed by atoms with van der Waals surface area (Å²) in [6, 6.07) is 0. The van der Waals surface area contributed by atoms with Crippen molar-refractivity contribution in [3.63, 3.8) is 0 Å². The Morgan fingerprint density at radius 3 is 0.868 bits per heavy atom. The number of hydrogen-bond acceptors (Lipinski definition) is 4. The molecular formula is C32H56O6. The van der Waals surface area contributed by atoms with Crippen molar-refractivity contribution in [1.82, 2.24) is 0 Å². The summed E-state index contributed by atoms with van der Waals surface area (Å²) in [5.74, 6) is -3.40. The molecule has 0 aliphatic heterocycles. The van der Waals surface area contributed by atoms with Crippen LogP contribution in [0.2, 0.25) is 0 Å². The van der Waals surface area contributed by atoms with Crippen molar-refractivity contribution in [2.75, 3.05) is 0 Å². The fraction of sp³-hybridized carbons (Fsp3) is 0.812. The van der Waals surface area contributed by atoms with Gasteiger partial charge in [-0.25, -0.2) is 9.59 Å². The first-order valence-corrected chi connectivity index (χ1v) is 15.5. The number of aliphatic carboxylic acids is 2. The number of carboxylic acids is 2. The van der Waals surface area contributed by atoms with Crippen molar-refractivity contribution >= 4 is 23.5 Å². The first-order valence-electron chi connectivity index (χ1n) is 15.5. The van der Waals surface area contributed by atoms with E-state index in [0.717, 1.165) is 38.5 Å². The van der Waals surface area contributed by atoms with Crippen molar-refractivity contribution in [1.29, 1.82) is 0 Å². The molecule has 2 N–H and O–H groups in total. The van der Waals surface area contributed by atoms with Crippen molar-refractivity contribution in [3.8, 4) is 0 Å². The Hall–Kier alpha value is -1.98. The molecule has 0 atom stereocenters. The molecule has 6 heteroatoms. The first-order chi connectivity index (χ1) is 18.3. The highest BCUT2D eigenvalue weighted by molar-refractivity contribution is 6.05. The Balaban J connectivity index is 4.36. The average Bonchev–Trinajstić information content (AvgIpc) is 2.88. The Morgan fingerprint density at radius 1 is 0.395 bits per heavy atom. The van der Waals surface area contributed by atoms with Crippen LogP contribution in [0.5, 0.6) is 0 Å². The molecule has 0 aliphatic rings. The highest BCUT2D eigenvalue weighted by atomic mass is 16.4. The molecule has 0 fully saturated rings. The number of ketones is 2. The minimum Gasteiger partial charge on any atom is -0.478 e. The fourth-order valence-corrected chi connectivity index (χ4v) is 4.81. The molecular weight excluding hydrogens is 480 g/mol. The lowest BCUT2D eigenvalue weighted by Gasteiger charge is -2.09. The number of unbranched alkanes of at least 4 members (excludes halogenated alkanes) is 18. The monoisotopic (exact) mass is 536 g/mol. The lowest BCUT2D eigenvalue weighted by Crippen LogP contribution is -2.17. The van der Waals surface area contributed by atoms with E-state index in [0.29, 0.717) is 12.8 Å². The molecule has 0 saturated carbocycles. The van der Waals surface area contributed by atoms with Crippen molar-refractivity contribution in [2.24, 2.45) is 0 Å². The fourth-order valence-electron chi connectivity index (χ4n) is 4.81. The summed E-state index contributed by atoms with van der Waals surface area (Å²) in [6.45, 7) is 4.41. The maximum absolute atomic E-state index is 12.4. The van der Waals surface area contributed by atoms with E-state index < -0.39 is 35.9 Å². The van der Waals surface area contributed by atoms with Crippen LogP contribution in [0, 0.1) is 0 Å². The van der Waals surface area contributed by atoms with E-state index in [-0.39, 0.29) is 24.4 Å². The predicted octanol–water partition coefficient (Wildman–Crippen LogP) is 8.99. The summed E-state index contributed by atoms with van der Waals surface area (Å²) >= 11 is 0. The second kappa shape index (κ2) is 25.3. The van der Waals surface area contributed by atoms with Gasteiger partial charge in [-0.1, -0.05) is 129 Å². The van der Waals surface area contributed by atoms with E-state index in [1.165, 1.54) is 77.0 Å². The zero-order chi connectivity index (χ0) is 28.4. The van der Waals surface area contributed by atoms with Crippen molar-refractivity contribution < 1.29 is 29.4 Å². The molecule has 0 radical (unpaired) electrons. The minimum atomic E-state index is -1.43. The smallest absolute Gasteiger partial charge is 0.332 e. The first kappa shape index (κ1) is 36.0. The van der Waals surface area contributed by atoms with Crippen molar-refractivity contribution in [3.05, 3.63) is 11.1 Å². The number of hydrogen-bond donors (Lipinski definition) is 2. The van der Waals surface area contributed by atoms with Gasteiger partial charge >= 0.3 is 11.9 Å². The maximum atomic E-state index is 12.4. The number of carbonyl (C=O) groups excluding carboxylic acids is 2. The van der Waals surface area contributed by atoms with Crippen molar-refractivity contribution in [2.45, 2.75) is 168 Å². The molecule has 0 bridgehead atoms. The summed E-state index contributed by atoms with van der Waals surface area (Å²) in [5, 5.41) is 19.2. The van der Waals surface area contributed by atoms with Crippen LogP contribution in [0.25, 0.3) is 0 Å². The highest BCUT2D eigenvalue weighted by Gasteiger charge is 2.24. The zero-order valence-corrected chi connectivity index (χ0v) is 24.5. The highest BCUT2D eigenvalue weighted by Crippen LogP contribution is 2.19. The molecule has 0 amide bonds. The standard InChI is InChI=1S/C32H56O6/c1-3-5-7-9-11-13-15-17-19-21-23-27(33)25-29(31(35)36)30(32(37)38)26-28(34)24-22-20-18-16-14-12-10-8-6-4-2/h3-26H2,1-2H3,(H,35,36)(H,37,38). The number of Topliss-reactive ketones (excluding diaryl/α,β-unsaturated/α-hetero) is 2. The second-order valence-electron chi connectivity index (χ2n) is 10.9. The molecule has 0 unspecified atom stereocenters. The average molecular weight is 537 g/mol. The van der Waals surface area contributed by atoms with Crippen LogP contribution in [-0.4, -0.2) is 33.7 Å². The molecule has 0 saturated heterocycles. The van der Waals surface area contributed by atoms with Crippen LogP contribution in [0.15, 0.2) is 11.1 Å². The Labute approximate surface area is 232 Å². The van der Waals surface area contributed by atoms with Crippen LogP contribution in [0.4, 0.5) is 0 Å². The van der Waals surface area contributed by atoms with Gasteiger partial charge < -0.3 is 10.2 Å². The third-order valence-corrected chi connectivity index (χ3v) is 7.25. The van der Waals surface area contributed by atoms with Gasteiger partial charge in [0.15, 0.2) is 0 Å². The van der Waals surface area contributed by atoms with Gasteiger partial charge in [-0.15, -0.1) is 0 Å². The summed E-state index contributed by atoms with van der Waals surface area (Å²) in [5.41, 5.74) is -0.878. The normalized spacial score (nSPS) is 11.8. The van der Waals surface area contributed by atoms with Gasteiger partial charge in [0.1, 0.15) is 11.6 Å². The zero-order valence-electron chi connectivity index (χ0n) is 24.5. The second-order valence-corrected chi connectivity index (χ2v) is 10.9. The number of carbonyl (C=O) groups is 4. The molecule has 0 aromatic carbocycles. The Bertz CT molecular complexity index is 636. The molecule has 220 valence electrons. The van der Waals surface area contributed by atoms with E-state index in [2.05, 4.69) is 13.8 Å². The topological polar surface area (TPSA) is 109 Å². The molecule has 38 heavy (non-hydrogen) atoms. The summed E-state index contributed by atoms with van der Waals surface area (Å²) in [7, 11) is 0. The molecule has 0 aliphatic carbocycles. The van der Waals surface area contributed by atoms with Crippen LogP contribution < -0.4 is 0 Å². The minimum absolute atomic E-state index is 0.243. The summed E-state index contributed by atoms with van der Waals surface area (Å²) in [6.07, 6.45) is 22.4. The lowest BCUT2D eigenvalue weighted by atomic mass is 9.95. The Morgan fingerprint density at radius 2 is 0.632 bits per heavy atom. The molecule has 6 nitrogen and oxygen atoms in total. The van der Waals surface area contributed by atoms with E-state index >= 15 is 0 Å². The summed E-state index contributed by atoms with van der Waals surface area (Å²) in [4.78, 5) is 48.3. The third-order valence-electron chi connectivity index (χ3n) is 7.25. The number of carboxylic acid groups (broad SMARTS) is 2. The van der Waals surface area contributed by atoms with E-state index in [9.17, 15) is 29.4 Å². The van der Waals surface area contributed by atoms with E-state index in [4.69, 9.17) is 0 Å². The van der Waals surface area contributed by atoms with Gasteiger partial charge in [0.05, 0.1) is 11.1 Å². The number of rotatable bonds is 28. The third kappa shape index (κ3) is 21.0. The van der Waals surface area contributed by atoms with Gasteiger partial charge in [0, 0.05) is 25.7 Å². The largest absolute Gasteiger partial charge is 0.478 e. The molecule has 0 aromatic rings. The Kier molecular flexibility index (Phi) is 24.0.